The monoisotopic (exact) mass is 674 g/mol. The maximum absolute atomic E-state index is 13.1. The molecule has 1 aromatic rings. The zero-order valence-electron chi connectivity index (χ0n) is 27.3. The van der Waals surface area contributed by atoms with Crippen LogP contribution in [0.3, 0.4) is 0 Å². The Morgan fingerprint density at radius 1 is 0.896 bits per heavy atom. The molecule has 3 rings (SSSR count). The maximum atomic E-state index is 13.1. The summed E-state index contributed by atoms with van der Waals surface area (Å²) >= 11 is 0. The van der Waals surface area contributed by atoms with Gasteiger partial charge in [-0.05, 0) is 37.5 Å². The van der Waals surface area contributed by atoms with E-state index in [2.05, 4.69) is 21.3 Å². The van der Waals surface area contributed by atoms with Gasteiger partial charge in [-0.15, -0.1) is 0 Å². The quantitative estimate of drug-likeness (QED) is 0.0776. The van der Waals surface area contributed by atoms with Crippen LogP contribution in [0.1, 0.15) is 66.2 Å². The first kappa shape index (κ1) is 38.1. The van der Waals surface area contributed by atoms with E-state index in [1.54, 1.807) is 24.3 Å². The Balaban J connectivity index is 1.14. The van der Waals surface area contributed by atoms with Gasteiger partial charge in [-0.1, -0.05) is 13.0 Å². The number of hydrogen-bond donors (Lipinski definition) is 5. The lowest BCUT2D eigenvalue weighted by atomic mass is 10.0. The van der Waals surface area contributed by atoms with E-state index >= 15 is 0 Å². The summed E-state index contributed by atoms with van der Waals surface area (Å²) in [6.45, 7) is 5.56. The van der Waals surface area contributed by atoms with Crippen molar-refractivity contribution in [3.8, 4) is 0 Å². The summed E-state index contributed by atoms with van der Waals surface area (Å²) in [6, 6.07) is 3.86. The normalized spacial score (nSPS) is 16.1. The number of hydrogen-bond acceptors (Lipinski definition) is 12. The lowest BCUT2D eigenvalue weighted by Crippen LogP contribution is -2.54. The summed E-state index contributed by atoms with van der Waals surface area (Å²) in [5.74, 6) is -2.24. The van der Waals surface area contributed by atoms with Crippen molar-refractivity contribution in [2.24, 2.45) is 5.73 Å². The summed E-state index contributed by atoms with van der Waals surface area (Å²) in [7, 11) is 0. The van der Waals surface area contributed by atoms with E-state index in [0.29, 0.717) is 83.9 Å². The number of ether oxygens (including phenoxy) is 4. The van der Waals surface area contributed by atoms with Crippen molar-refractivity contribution in [2.75, 3.05) is 71.3 Å². The molecular weight excluding hydrogens is 628 g/mol. The number of nitrogens with zero attached hydrogens (tertiary/aromatic N) is 1. The molecule has 2 aliphatic heterocycles. The van der Waals surface area contributed by atoms with Crippen LogP contribution < -0.4 is 27.0 Å². The molecular formula is C32H46N6O10. The van der Waals surface area contributed by atoms with Gasteiger partial charge in [-0.25, -0.2) is 0 Å². The zero-order chi connectivity index (χ0) is 34.7. The lowest BCUT2D eigenvalue weighted by molar-refractivity contribution is -0.136. The van der Waals surface area contributed by atoms with Gasteiger partial charge in [-0.2, -0.15) is 0 Å². The van der Waals surface area contributed by atoms with E-state index in [-0.39, 0.29) is 48.6 Å². The molecule has 1 unspecified atom stereocenters. The van der Waals surface area contributed by atoms with Crippen molar-refractivity contribution in [1.29, 1.82) is 0 Å². The second kappa shape index (κ2) is 20.8. The van der Waals surface area contributed by atoms with Crippen LogP contribution in [0.15, 0.2) is 30.1 Å². The number of carbonyl (C=O) groups is 6. The third-order valence-electron chi connectivity index (χ3n) is 7.23. The molecule has 48 heavy (non-hydrogen) atoms. The molecule has 0 radical (unpaired) electrons. The number of amides is 6. The first-order chi connectivity index (χ1) is 23.2. The minimum atomic E-state index is -1.02. The second-order valence-corrected chi connectivity index (χ2v) is 10.9. The van der Waals surface area contributed by atoms with E-state index in [1.165, 1.54) is 0 Å². The predicted molar refractivity (Wildman–Crippen MR) is 172 cm³/mol. The van der Waals surface area contributed by atoms with Crippen LogP contribution in [-0.2, 0) is 38.1 Å². The highest BCUT2D eigenvalue weighted by atomic mass is 16.6. The molecule has 0 saturated carbocycles. The number of nitrogens with one attached hydrogen (secondary N) is 4. The smallest absolute Gasteiger partial charge is 0.264 e. The molecule has 0 bridgehead atoms. The van der Waals surface area contributed by atoms with Crippen molar-refractivity contribution in [1.82, 2.24) is 20.9 Å². The molecule has 16 nitrogen and oxygen atoms in total. The number of piperidine rings is 1. The number of carbonyl (C=O) groups excluding carboxylic acids is 6. The fraction of sp³-hybridized carbons (Fsp3) is 0.562. The number of anilines is 1. The minimum absolute atomic E-state index is 0.0586. The molecule has 1 fully saturated rings. The van der Waals surface area contributed by atoms with Crippen molar-refractivity contribution >= 4 is 41.1 Å². The molecule has 2 heterocycles. The van der Waals surface area contributed by atoms with Gasteiger partial charge in [-0.3, -0.25) is 39.0 Å². The van der Waals surface area contributed by atoms with Gasteiger partial charge in [0.25, 0.3) is 11.8 Å². The highest BCUT2D eigenvalue weighted by Gasteiger charge is 2.45. The van der Waals surface area contributed by atoms with Crippen molar-refractivity contribution in [2.45, 2.75) is 51.5 Å². The van der Waals surface area contributed by atoms with Crippen LogP contribution in [0.25, 0.3) is 0 Å². The maximum Gasteiger partial charge on any atom is 0.264 e. The van der Waals surface area contributed by atoms with Gasteiger partial charge in [0.1, 0.15) is 6.04 Å². The van der Waals surface area contributed by atoms with Gasteiger partial charge in [0.2, 0.25) is 23.6 Å². The minimum Gasteiger partial charge on any atom is -0.385 e. The Bertz CT molecular complexity index is 1320. The topological polar surface area (TPSA) is 217 Å². The first-order valence-electron chi connectivity index (χ1n) is 16.1. The third kappa shape index (κ3) is 12.3. The van der Waals surface area contributed by atoms with E-state index in [4.69, 9.17) is 24.7 Å². The number of benzene rings is 1. The van der Waals surface area contributed by atoms with Crippen LogP contribution in [0, 0.1) is 0 Å². The fourth-order valence-electron chi connectivity index (χ4n) is 4.94. The van der Waals surface area contributed by atoms with E-state index < -0.39 is 29.7 Å². The number of nitrogens with two attached hydrogens (primary N) is 1. The van der Waals surface area contributed by atoms with Crippen LogP contribution in [0.5, 0.6) is 0 Å². The summed E-state index contributed by atoms with van der Waals surface area (Å²) in [4.78, 5) is 74.3. The van der Waals surface area contributed by atoms with Gasteiger partial charge in [0.05, 0.1) is 69.8 Å². The molecule has 0 aromatic heterocycles. The van der Waals surface area contributed by atoms with Crippen LogP contribution in [-0.4, -0.2) is 112 Å². The van der Waals surface area contributed by atoms with E-state index in [9.17, 15) is 28.8 Å². The number of fused-ring (bicyclic) bond motifs is 1. The Kier molecular flexibility index (Phi) is 16.5. The number of imide groups is 2. The van der Waals surface area contributed by atoms with Crippen molar-refractivity contribution in [3.63, 3.8) is 0 Å². The molecule has 6 amide bonds. The number of rotatable bonds is 23. The molecule has 0 aliphatic carbocycles. The van der Waals surface area contributed by atoms with Gasteiger partial charge in [0, 0.05) is 38.0 Å². The second-order valence-electron chi connectivity index (χ2n) is 10.9. The molecule has 264 valence electrons. The standard InChI is InChI=1S/C32H46N6O10/c1-2-5-25(33)36-27(40)9-4-8-26(39)35-13-15-46-17-19-48-21-20-47-18-16-45-14-12-34-23-7-3-6-22-29(23)32(44)38(31(22)43)24-10-11-28(41)37-30(24)42/h3,5-7,24,34H,2,4,8-21,33H2,1H3,(H,35,39)(H,36,40)(H,37,41,42)/b25-5+. The van der Waals surface area contributed by atoms with E-state index in [1.807, 2.05) is 6.92 Å². The summed E-state index contributed by atoms with van der Waals surface area (Å²) in [6.07, 6.45) is 3.48. The Hall–Kier alpha value is -4.38. The Morgan fingerprint density at radius 3 is 2.17 bits per heavy atom. The predicted octanol–water partition coefficient (Wildman–Crippen LogP) is 0.179. The number of allylic oxidation sites excluding steroid dienone is 1. The molecule has 0 spiro atoms. The highest BCUT2D eigenvalue weighted by molar-refractivity contribution is 6.25. The average Bonchev–Trinajstić information content (AvgIpc) is 3.30. The Morgan fingerprint density at radius 2 is 1.52 bits per heavy atom. The Labute approximate surface area is 279 Å². The molecule has 16 heteroatoms. The van der Waals surface area contributed by atoms with Crippen molar-refractivity contribution in [3.05, 3.63) is 41.2 Å². The summed E-state index contributed by atoms with van der Waals surface area (Å²) < 4.78 is 21.9. The largest absolute Gasteiger partial charge is 0.385 e. The molecule has 2 aliphatic rings. The van der Waals surface area contributed by atoms with Crippen LogP contribution in [0.2, 0.25) is 0 Å². The molecule has 1 atom stereocenters. The van der Waals surface area contributed by atoms with E-state index in [0.717, 1.165) is 11.3 Å². The average molecular weight is 675 g/mol. The third-order valence-corrected chi connectivity index (χ3v) is 7.23. The highest BCUT2D eigenvalue weighted by Crippen LogP contribution is 2.32. The van der Waals surface area contributed by atoms with Crippen LogP contribution in [0.4, 0.5) is 5.69 Å². The zero-order valence-corrected chi connectivity index (χ0v) is 27.3. The van der Waals surface area contributed by atoms with Gasteiger partial charge in [0.15, 0.2) is 0 Å². The SMILES string of the molecule is CC/C=C(\N)NC(=O)CCCC(=O)NCCOCCOCCOCCOCCNc1cccc2c1C(=O)N(C1CCC(=O)NC1=O)C2=O. The lowest BCUT2D eigenvalue weighted by Gasteiger charge is -2.27. The summed E-state index contributed by atoms with van der Waals surface area (Å²) in [5, 5.41) is 10.6. The van der Waals surface area contributed by atoms with Crippen molar-refractivity contribution < 1.29 is 47.7 Å². The first-order valence-corrected chi connectivity index (χ1v) is 16.1. The molecule has 1 saturated heterocycles. The molecule has 6 N–H and O–H groups in total. The van der Waals surface area contributed by atoms with Gasteiger partial charge >= 0.3 is 0 Å². The fourth-order valence-corrected chi connectivity index (χ4v) is 4.94. The van der Waals surface area contributed by atoms with Crippen LogP contribution >= 0.6 is 0 Å². The molecule has 1 aromatic carbocycles. The van der Waals surface area contributed by atoms with Gasteiger partial charge < -0.3 is 40.6 Å². The summed E-state index contributed by atoms with van der Waals surface area (Å²) in [5.41, 5.74) is 6.50.